The van der Waals surface area contributed by atoms with Crippen molar-refractivity contribution in [2.75, 3.05) is 18.4 Å². The van der Waals surface area contributed by atoms with Crippen LogP contribution in [0.15, 0.2) is 53.4 Å². The van der Waals surface area contributed by atoms with Crippen LogP contribution in [0, 0.1) is 10.1 Å². The van der Waals surface area contributed by atoms with Gasteiger partial charge in [0.25, 0.3) is 5.69 Å². The average Bonchev–Trinajstić information content (AvgIpc) is 2.68. The van der Waals surface area contributed by atoms with Crippen LogP contribution in [0.25, 0.3) is 6.08 Å². The highest BCUT2D eigenvalue weighted by Gasteiger charge is 2.24. The quantitative estimate of drug-likeness (QED) is 0.382. The van der Waals surface area contributed by atoms with Crippen molar-refractivity contribution in [3.8, 4) is 0 Å². The van der Waals surface area contributed by atoms with Crippen LogP contribution < -0.4 is 5.32 Å². The average molecular weight is 438 g/mol. The minimum Gasteiger partial charge on any atom is -0.322 e. The third-order valence-electron chi connectivity index (χ3n) is 4.03. The molecular weight excluding hydrogens is 418 g/mol. The van der Waals surface area contributed by atoms with Crippen molar-refractivity contribution in [3.63, 3.8) is 0 Å². The number of carbonyl (C=O) groups excluding carboxylic acids is 1. The number of benzene rings is 2. The maximum atomic E-state index is 12.7. The molecule has 29 heavy (non-hydrogen) atoms. The SMILES string of the molecule is CCN(CC)S(=O)(=O)c1cc(NC(=O)/C=C/c2cccc([N+](=O)[O-])c2)ccc1Cl. The van der Waals surface area contributed by atoms with Crippen LogP contribution in [0.2, 0.25) is 5.02 Å². The number of hydrogen-bond donors (Lipinski definition) is 1. The Morgan fingerprint density at radius 1 is 1.21 bits per heavy atom. The second-order valence-electron chi connectivity index (χ2n) is 5.91. The Balaban J connectivity index is 2.21. The van der Waals surface area contributed by atoms with Crippen LogP contribution in [0.4, 0.5) is 11.4 Å². The molecule has 2 rings (SSSR count). The molecule has 0 radical (unpaired) electrons. The van der Waals surface area contributed by atoms with Gasteiger partial charge in [0, 0.05) is 37.0 Å². The van der Waals surface area contributed by atoms with E-state index >= 15 is 0 Å². The molecule has 0 heterocycles. The molecule has 0 spiro atoms. The maximum absolute atomic E-state index is 12.7. The number of carbonyl (C=O) groups is 1. The number of anilines is 1. The van der Waals surface area contributed by atoms with E-state index in [1.54, 1.807) is 19.9 Å². The number of nitro groups is 1. The van der Waals surface area contributed by atoms with E-state index in [-0.39, 0.29) is 34.4 Å². The van der Waals surface area contributed by atoms with Gasteiger partial charge in [-0.25, -0.2) is 8.42 Å². The van der Waals surface area contributed by atoms with Crippen LogP contribution in [0.5, 0.6) is 0 Å². The molecule has 2 aromatic rings. The Morgan fingerprint density at radius 2 is 1.90 bits per heavy atom. The van der Waals surface area contributed by atoms with Crippen molar-refractivity contribution in [2.24, 2.45) is 0 Å². The summed E-state index contributed by atoms with van der Waals surface area (Å²) in [5, 5.41) is 13.4. The molecule has 0 aliphatic heterocycles. The zero-order valence-electron chi connectivity index (χ0n) is 15.8. The first-order valence-corrected chi connectivity index (χ1v) is 10.5. The first-order chi connectivity index (χ1) is 13.7. The summed E-state index contributed by atoms with van der Waals surface area (Å²) in [5.74, 6) is -0.523. The van der Waals surface area contributed by atoms with Crippen LogP contribution >= 0.6 is 11.6 Å². The molecule has 0 atom stereocenters. The van der Waals surface area contributed by atoms with Crippen molar-refractivity contribution in [1.82, 2.24) is 4.31 Å². The highest BCUT2D eigenvalue weighted by atomic mass is 35.5. The summed E-state index contributed by atoms with van der Waals surface area (Å²) < 4.78 is 26.7. The van der Waals surface area contributed by atoms with E-state index in [4.69, 9.17) is 11.6 Å². The van der Waals surface area contributed by atoms with E-state index in [0.29, 0.717) is 5.56 Å². The topological polar surface area (TPSA) is 110 Å². The molecule has 154 valence electrons. The highest BCUT2D eigenvalue weighted by Crippen LogP contribution is 2.27. The predicted octanol–water partition coefficient (Wildman–Crippen LogP) is 3.93. The molecule has 0 bridgehead atoms. The fourth-order valence-electron chi connectivity index (χ4n) is 2.58. The summed E-state index contributed by atoms with van der Waals surface area (Å²) in [6, 6.07) is 10.0. The number of halogens is 1. The molecule has 0 fully saturated rings. The van der Waals surface area contributed by atoms with E-state index in [0.717, 1.165) is 0 Å². The first kappa shape index (κ1) is 22.5. The van der Waals surface area contributed by atoms with E-state index < -0.39 is 20.9 Å². The zero-order valence-corrected chi connectivity index (χ0v) is 17.4. The number of nitrogens with one attached hydrogen (secondary N) is 1. The van der Waals surface area contributed by atoms with Crippen LogP contribution in [0.3, 0.4) is 0 Å². The molecule has 0 saturated heterocycles. The van der Waals surface area contributed by atoms with Gasteiger partial charge in [-0.15, -0.1) is 0 Å². The molecule has 0 unspecified atom stereocenters. The summed E-state index contributed by atoms with van der Waals surface area (Å²) in [7, 11) is -3.79. The van der Waals surface area contributed by atoms with Gasteiger partial charge in [-0.05, 0) is 29.8 Å². The van der Waals surface area contributed by atoms with Crippen LogP contribution in [0.1, 0.15) is 19.4 Å². The molecular formula is C19H20ClN3O5S. The zero-order chi connectivity index (χ0) is 21.6. The summed E-state index contributed by atoms with van der Waals surface area (Å²) >= 11 is 6.07. The molecule has 2 aromatic carbocycles. The number of amides is 1. The molecule has 1 N–H and O–H groups in total. The van der Waals surface area contributed by atoms with Gasteiger partial charge in [0.1, 0.15) is 4.90 Å². The van der Waals surface area contributed by atoms with Gasteiger partial charge < -0.3 is 5.32 Å². The minimum absolute atomic E-state index is 0.0574. The summed E-state index contributed by atoms with van der Waals surface area (Å²) in [5.41, 5.74) is 0.653. The van der Waals surface area contributed by atoms with E-state index in [2.05, 4.69) is 5.32 Å². The molecule has 8 nitrogen and oxygen atoms in total. The number of nitro benzene ring substituents is 1. The molecule has 0 aliphatic rings. The van der Waals surface area contributed by atoms with Crippen LogP contribution in [-0.4, -0.2) is 36.6 Å². The fourth-order valence-corrected chi connectivity index (χ4v) is 4.54. The molecule has 0 aromatic heterocycles. The Kier molecular flexibility index (Phi) is 7.49. The number of nitrogens with zero attached hydrogens (tertiary/aromatic N) is 2. The lowest BCUT2D eigenvalue weighted by atomic mass is 10.2. The monoisotopic (exact) mass is 437 g/mol. The van der Waals surface area contributed by atoms with Gasteiger partial charge >= 0.3 is 0 Å². The summed E-state index contributed by atoms with van der Waals surface area (Å²) in [6.07, 6.45) is 2.62. The van der Waals surface area contributed by atoms with Crippen molar-refractivity contribution in [2.45, 2.75) is 18.7 Å². The maximum Gasteiger partial charge on any atom is 0.270 e. The third-order valence-corrected chi connectivity index (χ3v) is 6.56. The first-order valence-electron chi connectivity index (χ1n) is 8.72. The van der Waals surface area contributed by atoms with Gasteiger partial charge in [-0.3, -0.25) is 14.9 Å². The Morgan fingerprint density at radius 3 is 2.52 bits per heavy atom. The van der Waals surface area contributed by atoms with Crippen molar-refractivity contribution < 1.29 is 18.1 Å². The number of rotatable bonds is 8. The standard InChI is InChI=1S/C19H20ClN3O5S/c1-3-22(4-2)29(27,28)18-13-15(9-10-17(18)20)21-19(24)11-8-14-6-5-7-16(12-14)23(25)26/h5-13H,3-4H2,1-2H3,(H,21,24)/b11-8+. The molecule has 0 saturated carbocycles. The smallest absolute Gasteiger partial charge is 0.270 e. The predicted molar refractivity (Wildman–Crippen MR) is 112 cm³/mol. The number of hydrogen-bond acceptors (Lipinski definition) is 5. The summed E-state index contributed by atoms with van der Waals surface area (Å²) in [4.78, 5) is 22.4. The molecule has 10 heteroatoms. The number of non-ortho nitro benzene ring substituents is 1. The highest BCUT2D eigenvalue weighted by molar-refractivity contribution is 7.89. The lowest BCUT2D eigenvalue weighted by molar-refractivity contribution is -0.384. The third kappa shape index (κ3) is 5.63. The van der Waals surface area contributed by atoms with E-state index in [1.165, 1.54) is 52.9 Å². The van der Waals surface area contributed by atoms with Gasteiger partial charge in [0.2, 0.25) is 15.9 Å². The lowest BCUT2D eigenvalue weighted by Crippen LogP contribution is -2.30. The van der Waals surface area contributed by atoms with Crippen molar-refractivity contribution >= 4 is 45.0 Å². The van der Waals surface area contributed by atoms with Crippen molar-refractivity contribution in [1.29, 1.82) is 0 Å². The largest absolute Gasteiger partial charge is 0.322 e. The normalized spacial score (nSPS) is 11.7. The summed E-state index contributed by atoms with van der Waals surface area (Å²) in [6.45, 7) is 4.02. The Bertz CT molecular complexity index is 1050. The van der Waals surface area contributed by atoms with E-state index in [1.807, 2.05) is 0 Å². The Labute approximate surface area is 174 Å². The van der Waals surface area contributed by atoms with E-state index in [9.17, 15) is 23.3 Å². The second kappa shape index (κ2) is 9.64. The minimum atomic E-state index is -3.79. The van der Waals surface area contributed by atoms with Crippen molar-refractivity contribution in [3.05, 3.63) is 69.2 Å². The Hall–Kier alpha value is -2.75. The van der Waals surface area contributed by atoms with Gasteiger partial charge in [0.05, 0.1) is 9.95 Å². The molecule has 1 amide bonds. The van der Waals surface area contributed by atoms with Gasteiger partial charge in [-0.1, -0.05) is 37.6 Å². The second-order valence-corrected chi connectivity index (χ2v) is 8.22. The lowest BCUT2D eigenvalue weighted by Gasteiger charge is -2.19. The van der Waals surface area contributed by atoms with Gasteiger partial charge in [0.15, 0.2) is 0 Å². The molecule has 0 aliphatic carbocycles. The number of sulfonamides is 1. The van der Waals surface area contributed by atoms with Gasteiger partial charge in [-0.2, -0.15) is 4.31 Å². The fraction of sp³-hybridized carbons (Fsp3) is 0.211. The van der Waals surface area contributed by atoms with Crippen LogP contribution in [-0.2, 0) is 14.8 Å².